The van der Waals surface area contributed by atoms with Crippen LogP contribution < -0.4 is 0 Å². The third-order valence-electron chi connectivity index (χ3n) is 3.54. The van der Waals surface area contributed by atoms with Crippen molar-refractivity contribution in [1.82, 2.24) is 14.7 Å². The molecule has 2 rings (SSSR count). The average Bonchev–Trinajstić information content (AvgIpc) is 2.60. The Morgan fingerprint density at radius 1 is 0.958 bits per heavy atom. The summed E-state index contributed by atoms with van der Waals surface area (Å²) in [5, 5.41) is 0. The predicted molar refractivity (Wildman–Crippen MR) is 120 cm³/mol. The highest BCUT2D eigenvalue weighted by Crippen LogP contribution is 2.20. The summed E-state index contributed by atoms with van der Waals surface area (Å²) in [6.07, 6.45) is 0. The lowest BCUT2D eigenvalue weighted by Crippen LogP contribution is -2.48. The van der Waals surface area contributed by atoms with Crippen molar-refractivity contribution in [3.8, 4) is 0 Å². The van der Waals surface area contributed by atoms with Gasteiger partial charge < -0.3 is 14.7 Å². The molecule has 0 radical (unpaired) electrons. The first-order chi connectivity index (χ1) is 11.5. The predicted octanol–water partition coefficient (Wildman–Crippen LogP) is 3.69. The maximum absolute atomic E-state index is 5.59. The second-order valence-electron chi connectivity index (χ2n) is 5.54. The molecule has 1 aliphatic heterocycles. The summed E-state index contributed by atoms with van der Waals surface area (Å²) in [4.78, 5) is 6.41. The number of piperazine rings is 1. The van der Waals surface area contributed by atoms with E-state index in [1.807, 2.05) is 25.1 Å². The molecule has 0 unspecified atom stereocenters. The molecule has 1 aromatic carbocycles. The van der Waals surface area contributed by atoms with Crippen LogP contribution in [0.1, 0.15) is 5.56 Å². The molecule has 0 aliphatic carbocycles. The SMILES string of the molecule is CN(C)C(=S)SC(=S)N1CCN(C(=S)SCc2ccccc2)CC1. The van der Waals surface area contributed by atoms with E-state index in [4.69, 9.17) is 36.7 Å². The van der Waals surface area contributed by atoms with Gasteiger partial charge >= 0.3 is 0 Å². The van der Waals surface area contributed by atoms with Crippen LogP contribution in [0, 0.1) is 0 Å². The van der Waals surface area contributed by atoms with Crippen LogP contribution in [0.2, 0.25) is 0 Å². The van der Waals surface area contributed by atoms with E-state index in [9.17, 15) is 0 Å². The van der Waals surface area contributed by atoms with Gasteiger partial charge in [0.1, 0.15) is 13.0 Å². The van der Waals surface area contributed by atoms with Crippen molar-refractivity contribution < 1.29 is 0 Å². The van der Waals surface area contributed by atoms with Gasteiger partial charge in [-0.1, -0.05) is 78.7 Å². The van der Waals surface area contributed by atoms with Crippen molar-refractivity contribution in [1.29, 1.82) is 0 Å². The maximum Gasteiger partial charge on any atom is 0.143 e. The molecule has 0 spiro atoms. The topological polar surface area (TPSA) is 9.72 Å². The Kier molecular flexibility index (Phi) is 8.22. The molecular weight excluding hydrogens is 395 g/mol. The molecule has 3 nitrogen and oxygen atoms in total. The highest BCUT2D eigenvalue weighted by Gasteiger charge is 2.22. The summed E-state index contributed by atoms with van der Waals surface area (Å²) in [7, 11) is 3.89. The minimum atomic E-state index is 0.802. The third-order valence-corrected chi connectivity index (χ3v) is 7.23. The van der Waals surface area contributed by atoms with Crippen LogP contribution in [-0.2, 0) is 5.75 Å². The lowest BCUT2D eigenvalue weighted by Gasteiger charge is -2.37. The average molecular weight is 416 g/mol. The number of benzene rings is 1. The molecule has 1 fully saturated rings. The molecule has 1 aromatic rings. The van der Waals surface area contributed by atoms with Gasteiger partial charge in [-0.15, -0.1) is 0 Å². The summed E-state index contributed by atoms with van der Waals surface area (Å²) < 4.78 is 2.63. The zero-order chi connectivity index (χ0) is 17.5. The van der Waals surface area contributed by atoms with E-state index in [1.165, 1.54) is 17.3 Å². The van der Waals surface area contributed by atoms with E-state index in [-0.39, 0.29) is 0 Å². The van der Waals surface area contributed by atoms with Crippen LogP contribution >= 0.6 is 60.2 Å². The van der Waals surface area contributed by atoms with Crippen molar-refractivity contribution in [3.63, 3.8) is 0 Å². The summed E-state index contributed by atoms with van der Waals surface area (Å²) in [5.41, 5.74) is 1.30. The Morgan fingerprint density at radius 3 is 2.04 bits per heavy atom. The molecule has 0 saturated carbocycles. The molecular formula is C16H21N3S5. The smallest absolute Gasteiger partial charge is 0.143 e. The van der Waals surface area contributed by atoms with E-state index in [1.54, 1.807) is 11.8 Å². The van der Waals surface area contributed by atoms with Gasteiger partial charge in [0, 0.05) is 46.0 Å². The summed E-state index contributed by atoms with van der Waals surface area (Å²) in [6.45, 7) is 3.62. The normalized spacial score (nSPS) is 14.4. The van der Waals surface area contributed by atoms with Crippen LogP contribution in [0.5, 0.6) is 0 Å². The lowest BCUT2D eigenvalue weighted by atomic mass is 10.2. The fourth-order valence-corrected chi connectivity index (χ4v) is 4.78. The number of hydrogen-bond donors (Lipinski definition) is 0. The quantitative estimate of drug-likeness (QED) is 0.668. The maximum atomic E-state index is 5.59. The zero-order valence-electron chi connectivity index (χ0n) is 13.8. The number of thioether (sulfide) groups is 2. The molecule has 1 heterocycles. The lowest BCUT2D eigenvalue weighted by molar-refractivity contribution is 0.271. The van der Waals surface area contributed by atoms with Crippen molar-refractivity contribution >= 4 is 73.1 Å². The first-order valence-electron chi connectivity index (χ1n) is 7.61. The van der Waals surface area contributed by atoms with Crippen LogP contribution in [-0.4, -0.2) is 67.9 Å². The monoisotopic (exact) mass is 415 g/mol. The highest BCUT2D eigenvalue weighted by atomic mass is 32.2. The fraction of sp³-hybridized carbons (Fsp3) is 0.438. The molecule has 130 valence electrons. The number of thiocarbonyl (C=S) groups is 3. The van der Waals surface area contributed by atoms with Crippen molar-refractivity contribution in [2.45, 2.75) is 5.75 Å². The molecule has 0 N–H and O–H groups in total. The number of hydrogen-bond acceptors (Lipinski definition) is 5. The van der Waals surface area contributed by atoms with E-state index in [0.29, 0.717) is 0 Å². The molecule has 8 heteroatoms. The minimum Gasteiger partial charge on any atom is -0.363 e. The van der Waals surface area contributed by atoms with Crippen molar-refractivity contribution in [2.24, 2.45) is 0 Å². The first kappa shape index (κ1) is 19.9. The van der Waals surface area contributed by atoms with Gasteiger partial charge in [0.2, 0.25) is 0 Å². The Morgan fingerprint density at radius 2 is 1.50 bits per heavy atom. The van der Waals surface area contributed by atoms with Crippen molar-refractivity contribution in [3.05, 3.63) is 35.9 Å². The van der Waals surface area contributed by atoms with Gasteiger partial charge in [-0.05, 0) is 17.3 Å². The van der Waals surface area contributed by atoms with E-state index < -0.39 is 0 Å². The van der Waals surface area contributed by atoms with E-state index in [0.717, 1.165) is 44.9 Å². The highest BCUT2D eigenvalue weighted by molar-refractivity contribution is 8.37. The second kappa shape index (κ2) is 9.91. The van der Waals surface area contributed by atoms with Crippen molar-refractivity contribution in [2.75, 3.05) is 40.3 Å². The van der Waals surface area contributed by atoms with E-state index in [2.05, 4.69) is 34.1 Å². The molecule has 0 bridgehead atoms. The number of rotatable bonds is 2. The minimum absolute atomic E-state index is 0.802. The largest absolute Gasteiger partial charge is 0.363 e. The second-order valence-corrected chi connectivity index (χ2v) is 9.42. The van der Waals surface area contributed by atoms with Gasteiger partial charge in [-0.3, -0.25) is 0 Å². The molecule has 1 aliphatic rings. The van der Waals surface area contributed by atoms with Crippen LogP contribution in [0.25, 0.3) is 0 Å². The first-order valence-corrected chi connectivity index (χ1v) is 10.6. The Balaban J connectivity index is 1.74. The van der Waals surface area contributed by atoms with Gasteiger partial charge in [-0.25, -0.2) is 0 Å². The summed E-state index contributed by atoms with van der Waals surface area (Å²) in [6, 6.07) is 10.4. The van der Waals surface area contributed by atoms with Crippen LogP contribution in [0.4, 0.5) is 0 Å². The molecule has 0 amide bonds. The van der Waals surface area contributed by atoms with E-state index >= 15 is 0 Å². The molecule has 1 saturated heterocycles. The number of nitrogens with zero attached hydrogens (tertiary/aromatic N) is 3. The summed E-state index contributed by atoms with van der Waals surface area (Å²) >= 11 is 19.6. The van der Waals surface area contributed by atoms with Gasteiger partial charge in [0.15, 0.2) is 0 Å². The van der Waals surface area contributed by atoms with Crippen LogP contribution in [0.15, 0.2) is 30.3 Å². The Hall–Kier alpha value is -0.410. The summed E-state index contributed by atoms with van der Waals surface area (Å²) in [5.74, 6) is 0.922. The Bertz CT molecular complexity index is 583. The van der Waals surface area contributed by atoms with Crippen LogP contribution in [0.3, 0.4) is 0 Å². The standard InChI is InChI=1S/C16H21N3S5/c1-17(2)14(20)24-16(22)19-10-8-18(9-11-19)15(21)23-12-13-6-4-3-5-7-13/h3-7H,8-12H2,1-2H3. The van der Waals surface area contributed by atoms with Gasteiger partial charge in [0.25, 0.3) is 0 Å². The van der Waals surface area contributed by atoms with Gasteiger partial charge in [-0.2, -0.15) is 0 Å². The fourth-order valence-electron chi connectivity index (χ4n) is 2.11. The third kappa shape index (κ3) is 6.15. The molecule has 0 atom stereocenters. The molecule has 24 heavy (non-hydrogen) atoms. The zero-order valence-corrected chi connectivity index (χ0v) is 17.9. The van der Waals surface area contributed by atoms with Gasteiger partial charge in [0.05, 0.1) is 0 Å². The Labute approximate surface area is 169 Å². The molecule has 0 aromatic heterocycles.